The molecule has 1 aromatic rings. The van der Waals surface area contributed by atoms with E-state index in [1.807, 2.05) is 0 Å². The highest BCUT2D eigenvalue weighted by Gasteiger charge is 2.40. The lowest BCUT2D eigenvalue weighted by molar-refractivity contribution is 0.0238. The Morgan fingerprint density at radius 2 is 1.85 bits per heavy atom. The molecule has 1 aliphatic rings. The fourth-order valence-electron chi connectivity index (χ4n) is 3.87. The van der Waals surface area contributed by atoms with Crippen molar-refractivity contribution in [2.24, 2.45) is 10.8 Å². The normalized spacial score (nSPS) is 18.3. The fraction of sp³-hybridized carbons (Fsp3) is 0.714. The van der Waals surface area contributed by atoms with Crippen LogP contribution in [-0.4, -0.2) is 13.3 Å². The summed E-state index contributed by atoms with van der Waals surface area (Å²) in [7, 11) is 0. The predicted octanol–water partition coefficient (Wildman–Crippen LogP) is 7.14. The summed E-state index contributed by atoms with van der Waals surface area (Å²) in [5.41, 5.74) is 0.589. The number of hydrogen-bond donors (Lipinski definition) is 1. The van der Waals surface area contributed by atoms with Crippen LogP contribution in [0.1, 0.15) is 77.8 Å². The van der Waals surface area contributed by atoms with Crippen molar-refractivity contribution >= 4 is 23.2 Å². The molecular weight excluding hydrogens is 372 g/mol. The van der Waals surface area contributed by atoms with Gasteiger partial charge in [0.1, 0.15) is 5.82 Å². The Morgan fingerprint density at radius 1 is 1.23 bits per heavy atom. The van der Waals surface area contributed by atoms with Gasteiger partial charge in [0.15, 0.2) is 0 Å². The van der Waals surface area contributed by atoms with Crippen molar-refractivity contribution in [3.63, 3.8) is 0 Å². The summed E-state index contributed by atoms with van der Waals surface area (Å²) in [6, 6.07) is 2.70. The number of ether oxygens (including phenoxy) is 1. The largest absolute Gasteiger partial charge is 0.366 e. The molecule has 148 valence electrons. The number of nitrogens with one attached hydrogen (secondary N) is 1. The van der Waals surface area contributed by atoms with E-state index < -0.39 is 0 Å². The second-order valence-electron chi connectivity index (χ2n) is 8.27. The van der Waals surface area contributed by atoms with Crippen molar-refractivity contribution < 1.29 is 9.13 Å². The number of rotatable bonds is 9. The third kappa shape index (κ3) is 4.92. The van der Waals surface area contributed by atoms with Crippen molar-refractivity contribution in [1.29, 1.82) is 0 Å². The molecule has 1 aromatic carbocycles. The third-order valence-corrected chi connectivity index (χ3v) is 7.18. The van der Waals surface area contributed by atoms with Crippen LogP contribution < -0.4 is 5.32 Å². The van der Waals surface area contributed by atoms with Gasteiger partial charge in [0, 0.05) is 11.6 Å². The highest BCUT2D eigenvalue weighted by molar-refractivity contribution is 6.42. The SMILES string of the molecule is CCC(C)(CC)COCN[C@H](c1c(F)ccc(Cl)c1Cl)C1(C)CCCC1. The molecule has 0 heterocycles. The van der Waals surface area contributed by atoms with Gasteiger partial charge in [0.05, 0.1) is 23.4 Å². The molecule has 0 saturated heterocycles. The summed E-state index contributed by atoms with van der Waals surface area (Å²) >= 11 is 12.6. The molecule has 1 atom stereocenters. The van der Waals surface area contributed by atoms with Crippen molar-refractivity contribution in [2.75, 3.05) is 13.3 Å². The fourth-order valence-corrected chi connectivity index (χ4v) is 4.30. The van der Waals surface area contributed by atoms with Crippen LogP contribution in [0, 0.1) is 16.6 Å². The van der Waals surface area contributed by atoms with Crippen LogP contribution in [0.4, 0.5) is 4.39 Å². The number of halogens is 3. The van der Waals surface area contributed by atoms with Gasteiger partial charge in [-0.1, -0.05) is 63.7 Å². The van der Waals surface area contributed by atoms with Gasteiger partial charge in [-0.15, -0.1) is 0 Å². The molecule has 1 aliphatic carbocycles. The Hall–Kier alpha value is -0.350. The average Bonchev–Trinajstić information content (AvgIpc) is 3.07. The molecule has 0 spiro atoms. The van der Waals surface area contributed by atoms with Gasteiger partial charge in [-0.2, -0.15) is 0 Å². The molecule has 26 heavy (non-hydrogen) atoms. The summed E-state index contributed by atoms with van der Waals surface area (Å²) < 4.78 is 20.6. The van der Waals surface area contributed by atoms with Crippen LogP contribution in [-0.2, 0) is 4.74 Å². The Kier molecular flexibility index (Phi) is 7.79. The zero-order valence-electron chi connectivity index (χ0n) is 16.4. The second-order valence-corrected chi connectivity index (χ2v) is 9.05. The van der Waals surface area contributed by atoms with E-state index in [4.69, 9.17) is 27.9 Å². The highest BCUT2D eigenvalue weighted by atomic mass is 35.5. The Balaban J connectivity index is 2.18. The lowest BCUT2D eigenvalue weighted by Crippen LogP contribution is -2.37. The molecule has 2 nitrogen and oxygen atoms in total. The topological polar surface area (TPSA) is 21.3 Å². The van der Waals surface area contributed by atoms with E-state index in [0.29, 0.717) is 28.9 Å². The lowest BCUT2D eigenvalue weighted by atomic mass is 9.77. The van der Waals surface area contributed by atoms with Crippen molar-refractivity contribution in [1.82, 2.24) is 5.32 Å². The molecule has 1 saturated carbocycles. The summed E-state index contributed by atoms with van der Waals surface area (Å²) in [5, 5.41) is 4.14. The minimum Gasteiger partial charge on any atom is -0.366 e. The Labute approximate surface area is 167 Å². The summed E-state index contributed by atoms with van der Waals surface area (Å²) in [4.78, 5) is 0. The molecule has 5 heteroatoms. The zero-order valence-corrected chi connectivity index (χ0v) is 17.9. The van der Waals surface area contributed by atoms with E-state index in [1.54, 1.807) is 0 Å². The van der Waals surface area contributed by atoms with Crippen LogP contribution >= 0.6 is 23.2 Å². The molecule has 0 radical (unpaired) electrons. The zero-order chi connectivity index (χ0) is 19.4. The maximum absolute atomic E-state index is 14.7. The van der Waals surface area contributed by atoms with E-state index in [0.717, 1.165) is 38.5 Å². The van der Waals surface area contributed by atoms with E-state index in [1.165, 1.54) is 12.1 Å². The van der Waals surface area contributed by atoms with Crippen LogP contribution in [0.25, 0.3) is 0 Å². The Morgan fingerprint density at radius 3 is 2.42 bits per heavy atom. The van der Waals surface area contributed by atoms with Crippen LogP contribution in [0.3, 0.4) is 0 Å². The summed E-state index contributed by atoms with van der Waals surface area (Å²) in [6.45, 7) is 9.86. The van der Waals surface area contributed by atoms with Crippen LogP contribution in [0.2, 0.25) is 10.0 Å². The van der Waals surface area contributed by atoms with Crippen molar-refractivity contribution in [3.8, 4) is 0 Å². The van der Waals surface area contributed by atoms with Crippen LogP contribution in [0.5, 0.6) is 0 Å². The highest BCUT2D eigenvalue weighted by Crippen LogP contribution is 2.49. The standard InChI is InChI=1S/C21H32Cl2FNO/c1-5-20(3,6-2)13-26-14-25-19(21(4)11-7-8-12-21)17-16(24)10-9-15(22)18(17)23/h9-10,19,25H,5-8,11-14H2,1-4H3/t19-/m1/s1. The summed E-state index contributed by atoms with van der Waals surface area (Å²) in [6.07, 6.45) is 6.51. The minimum atomic E-state index is -0.308. The van der Waals surface area contributed by atoms with E-state index in [9.17, 15) is 4.39 Å². The first-order valence-electron chi connectivity index (χ1n) is 9.71. The van der Waals surface area contributed by atoms with Gasteiger partial charge in [-0.05, 0) is 48.6 Å². The first kappa shape index (κ1) is 21.9. The van der Waals surface area contributed by atoms with Gasteiger partial charge >= 0.3 is 0 Å². The average molecular weight is 404 g/mol. The first-order chi connectivity index (χ1) is 12.3. The third-order valence-electron chi connectivity index (χ3n) is 6.36. The maximum atomic E-state index is 14.7. The van der Waals surface area contributed by atoms with Gasteiger partial charge in [0.25, 0.3) is 0 Å². The van der Waals surface area contributed by atoms with E-state index in [-0.39, 0.29) is 22.7 Å². The molecule has 0 aliphatic heterocycles. The van der Waals surface area contributed by atoms with Crippen molar-refractivity contribution in [3.05, 3.63) is 33.6 Å². The minimum absolute atomic E-state index is 0.0582. The van der Waals surface area contributed by atoms with E-state index >= 15 is 0 Å². The molecule has 2 rings (SSSR count). The van der Waals surface area contributed by atoms with Gasteiger partial charge in [0.2, 0.25) is 0 Å². The molecule has 0 aromatic heterocycles. The molecule has 1 fully saturated rings. The predicted molar refractivity (Wildman–Crippen MR) is 108 cm³/mol. The number of hydrogen-bond acceptors (Lipinski definition) is 2. The van der Waals surface area contributed by atoms with Gasteiger partial charge in [-0.3, -0.25) is 5.32 Å². The van der Waals surface area contributed by atoms with Crippen molar-refractivity contribution in [2.45, 2.75) is 72.3 Å². The Bertz CT molecular complexity index is 598. The molecule has 0 unspecified atom stereocenters. The molecule has 0 bridgehead atoms. The lowest BCUT2D eigenvalue weighted by Gasteiger charge is -2.36. The quantitative estimate of drug-likeness (QED) is 0.268. The maximum Gasteiger partial charge on any atom is 0.129 e. The first-order valence-corrected chi connectivity index (χ1v) is 10.5. The number of benzene rings is 1. The van der Waals surface area contributed by atoms with Crippen LogP contribution in [0.15, 0.2) is 12.1 Å². The van der Waals surface area contributed by atoms with Gasteiger partial charge < -0.3 is 4.74 Å². The van der Waals surface area contributed by atoms with Gasteiger partial charge in [-0.25, -0.2) is 4.39 Å². The molecule has 0 amide bonds. The smallest absolute Gasteiger partial charge is 0.129 e. The molecular formula is C21H32Cl2FNO. The monoisotopic (exact) mass is 403 g/mol. The van der Waals surface area contributed by atoms with E-state index in [2.05, 4.69) is 33.0 Å². The molecule has 1 N–H and O–H groups in total. The second kappa shape index (κ2) is 9.23. The summed E-state index contributed by atoms with van der Waals surface area (Å²) in [5.74, 6) is -0.308.